The molecule has 1 aliphatic carbocycles. The number of likely N-dealkylation sites (N-methyl/N-ethyl adjacent to an activating group) is 1. The fraction of sp³-hybridized carbons (Fsp3) is 0.450. The molecule has 1 atom stereocenters. The van der Waals surface area contributed by atoms with Crippen molar-refractivity contribution in [3.05, 3.63) is 46.9 Å². The van der Waals surface area contributed by atoms with Crippen LogP contribution in [-0.2, 0) is 19.3 Å². The normalized spacial score (nSPS) is 14.5. The van der Waals surface area contributed by atoms with Crippen LogP contribution < -0.4 is 5.32 Å². The second-order valence-electron chi connectivity index (χ2n) is 7.14. The lowest BCUT2D eigenvalue weighted by atomic mass is 9.95. The number of nitrogens with zero attached hydrogens (tertiary/aromatic N) is 4. The topological polar surface area (TPSA) is 68.8 Å². The van der Waals surface area contributed by atoms with E-state index in [-0.39, 0.29) is 12.4 Å². The van der Waals surface area contributed by atoms with E-state index in [4.69, 9.17) is 9.62 Å². The van der Waals surface area contributed by atoms with Crippen LogP contribution in [-0.4, -0.2) is 33.0 Å². The van der Waals surface area contributed by atoms with E-state index in [2.05, 4.69) is 58.3 Å². The molecular weight excluding hydrogens is 362 g/mol. The van der Waals surface area contributed by atoms with Gasteiger partial charge in [-0.05, 0) is 58.7 Å². The van der Waals surface area contributed by atoms with Crippen molar-refractivity contribution in [2.45, 2.75) is 52.0 Å². The molecule has 1 aromatic carbocycles. The molecular formula is C20H26ClN5O. The Morgan fingerprint density at radius 2 is 1.93 bits per heavy atom. The molecule has 0 bridgehead atoms. The Bertz CT molecular complexity index is 900. The Balaban J connectivity index is 0.00000210. The molecule has 3 aromatic rings. The third kappa shape index (κ3) is 3.92. The van der Waals surface area contributed by atoms with Gasteiger partial charge >= 0.3 is 0 Å². The van der Waals surface area contributed by atoms with Crippen LogP contribution in [0.3, 0.4) is 0 Å². The van der Waals surface area contributed by atoms with Crippen molar-refractivity contribution in [2.75, 3.05) is 7.05 Å². The lowest BCUT2D eigenvalue weighted by Crippen LogP contribution is -2.24. The second kappa shape index (κ2) is 8.23. The molecule has 0 saturated carbocycles. The Hall–Kier alpha value is -2.18. The molecule has 0 radical (unpaired) electrons. The van der Waals surface area contributed by atoms with Gasteiger partial charge in [-0.15, -0.1) is 12.4 Å². The highest BCUT2D eigenvalue weighted by Gasteiger charge is 2.26. The molecule has 6 nitrogen and oxygen atoms in total. The minimum Gasteiger partial charge on any atom is -0.332 e. The number of fused-ring (bicyclic) bond motifs is 1. The van der Waals surface area contributed by atoms with Gasteiger partial charge in [-0.25, -0.2) is 4.68 Å². The van der Waals surface area contributed by atoms with E-state index in [1.165, 1.54) is 29.7 Å². The minimum atomic E-state index is 0. The first-order valence-electron chi connectivity index (χ1n) is 9.33. The molecule has 2 aromatic heterocycles. The second-order valence-corrected chi connectivity index (χ2v) is 7.14. The van der Waals surface area contributed by atoms with Crippen molar-refractivity contribution in [3.63, 3.8) is 0 Å². The van der Waals surface area contributed by atoms with Crippen molar-refractivity contribution in [2.24, 2.45) is 0 Å². The summed E-state index contributed by atoms with van der Waals surface area (Å²) in [6.45, 7) is 4.20. The van der Waals surface area contributed by atoms with E-state index in [0.717, 1.165) is 36.5 Å². The van der Waals surface area contributed by atoms with Crippen molar-refractivity contribution in [1.29, 1.82) is 0 Å². The molecule has 1 unspecified atom stereocenters. The van der Waals surface area contributed by atoms with Gasteiger partial charge in [-0.2, -0.15) is 10.1 Å². The highest BCUT2D eigenvalue weighted by molar-refractivity contribution is 5.85. The number of halogens is 1. The number of aryl methyl sites for hydroxylation is 1. The van der Waals surface area contributed by atoms with Gasteiger partial charge in [0.05, 0.1) is 5.69 Å². The number of benzene rings is 1. The van der Waals surface area contributed by atoms with E-state index >= 15 is 0 Å². The summed E-state index contributed by atoms with van der Waals surface area (Å²) in [5.74, 6) is 1.25. The van der Waals surface area contributed by atoms with Crippen molar-refractivity contribution in [3.8, 4) is 17.3 Å². The average Bonchev–Trinajstić information content (AvgIpc) is 3.27. The van der Waals surface area contributed by atoms with Crippen molar-refractivity contribution >= 4 is 12.4 Å². The summed E-state index contributed by atoms with van der Waals surface area (Å²) < 4.78 is 7.62. The molecule has 2 heterocycles. The summed E-state index contributed by atoms with van der Waals surface area (Å²) in [4.78, 5) is 4.60. The lowest BCUT2D eigenvalue weighted by molar-refractivity contribution is 0.416. The van der Waals surface area contributed by atoms with E-state index in [0.29, 0.717) is 11.9 Å². The third-order valence-electron chi connectivity index (χ3n) is 5.11. The van der Waals surface area contributed by atoms with Crippen molar-refractivity contribution in [1.82, 2.24) is 25.2 Å². The molecule has 0 spiro atoms. The Kier molecular flexibility index (Phi) is 5.97. The fourth-order valence-electron chi connectivity index (χ4n) is 3.48. The number of nitrogens with one attached hydrogen (secondary N) is 1. The molecule has 4 rings (SSSR count). The van der Waals surface area contributed by atoms with Crippen LogP contribution in [0, 0.1) is 6.92 Å². The smallest absolute Gasteiger partial charge is 0.278 e. The predicted molar refractivity (Wildman–Crippen MR) is 108 cm³/mol. The summed E-state index contributed by atoms with van der Waals surface area (Å²) in [6.07, 6.45) is 5.16. The minimum absolute atomic E-state index is 0. The predicted octanol–water partition coefficient (Wildman–Crippen LogP) is 3.68. The Morgan fingerprint density at radius 1 is 1.19 bits per heavy atom. The molecule has 144 valence electrons. The lowest BCUT2D eigenvalue weighted by Gasteiger charge is -2.14. The maximum Gasteiger partial charge on any atom is 0.278 e. The number of rotatable bonds is 5. The zero-order valence-electron chi connectivity index (χ0n) is 16.0. The van der Waals surface area contributed by atoms with Gasteiger partial charge in [0.25, 0.3) is 5.89 Å². The van der Waals surface area contributed by atoms with Crippen LogP contribution in [0.2, 0.25) is 0 Å². The molecule has 0 saturated heterocycles. The van der Waals surface area contributed by atoms with Gasteiger partial charge in [0.2, 0.25) is 0 Å². The van der Waals surface area contributed by atoms with Crippen LogP contribution in [0.1, 0.15) is 42.4 Å². The summed E-state index contributed by atoms with van der Waals surface area (Å²) in [7, 11) is 1.94. The number of hydrogen-bond acceptors (Lipinski definition) is 5. The standard InChI is InChI=1S/C20H25N5O.ClH/c1-13-8-10-15(11-9-13)25-17-7-5-4-6-16(17)19(23-25)20-22-18(24-26-20)12-14(2)21-3;/h8-11,14,21H,4-7,12H2,1-3H3;1H. The summed E-state index contributed by atoms with van der Waals surface area (Å²) in [5.41, 5.74) is 5.71. The fourth-order valence-corrected chi connectivity index (χ4v) is 3.48. The summed E-state index contributed by atoms with van der Waals surface area (Å²) in [6, 6.07) is 8.79. The first-order chi connectivity index (χ1) is 12.7. The zero-order chi connectivity index (χ0) is 18.1. The van der Waals surface area contributed by atoms with Gasteiger partial charge in [0.15, 0.2) is 11.5 Å². The van der Waals surface area contributed by atoms with Crippen LogP contribution in [0.25, 0.3) is 17.3 Å². The van der Waals surface area contributed by atoms with E-state index < -0.39 is 0 Å². The van der Waals surface area contributed by atoms with Gasteiger partial charge < -0.3 is 9.84 Å². The average molecular weight is 388 g/mol. The van der Waals surface area contributed by atoms with Crippen LogP contribution in [0.5, 0.6) is 0 Å². The van der Waals surface area contributed by atoms with Crippen molar-refractivity contribution < 1.29 is 4.52 Å². The molecule has 0 fully saturated rings. The van der Waals surface area contributed by atoms with E-state index in [1.807, 2.05) is 7.05 Å². The number of hydrogen-bond donors (Lipinski definition) is 1. The SMILES string of the molecule is CNC(C)Cc1noc(-c2nn(-c3ccc(C)cc3)c3c2CCCC3)n1.Cl. The Morgan fingerprint density at radius 3 is 2.67 bits per heavy atom. The van der Waals surface area contributed by atoms with E-state index in [9.17, 15) is 0 Å². The largest absolute Gasteiger partial charge is 0.332 e. The molecule has 0 amide bonds. The molecule has 1 N–H and O–H groups in total. The molecule has 7 heteroatoms. The summed E-state index contributed by atoms with van der Waals surface area (Å²) >= 11 is 0. The third-order valence-corrected chi connectivity index (χ3v) is 5.11. The number of aromatic nitrogens is 4. The quantitative estimate of drug-likeness (QED) is 0.723. The zero-order valence-corrected chi connectivity index (χ0v) is 16.8. The van der Waals surface area contributed by atoms with E-state index in [1.54, 1.807) is 0 Å². The maximum absolute atomic E-state index is 5.57. The highest BCUT2D eigenvalue weighted by Crippen LogP contribution is 2.32. The highest BCUT2D eigenvalue weighted by atomic mass is 35.5. The Labute approximate surface area is 165 Å². The molecule has 1 aliphatic rings. The van der Waals surface area contributed by atoms with Gasteiger partial charge in [0, 0.05) is 23.7 Å². The van der Waals surface area contributed by atoms with Gasteiger partial charge in [-0.3, -0.25) is 0 Å². The molecule has 0 aliphatic heterocycles. The maximum atomic E-state index is 5.57. The van der Waals surface area contributed by atoms with Crippen LogP contribution in [0.4, 0.5) is 0 Å². The summed E-state index contributed by atoms with van der Waals surface area (Å²) in [5, 5.41) is 12.2. The van der Waals surface area contributed by atoms with Gasteiger partial charge in [-0.1, -0.05) is 22.9 Å². The monoisotopic (exact) mass is 387 g/mol. The van der Waals surface area contributed by atoms with Crippen LogP contribution >= 0.6 is 12.4 Å². The first kappa shape index (κ1) is 19.6. The first-order valence-corrected chi connectivity index (χ1v) is 9.33. The molecule has 27 heavy (non-hydrogen) atoms. The van der Waals surface area contributed by atoms with Crippen LogP contribution in [0.15, 0.2) is 28.8 Å². The van der Waals surface area contributed by atoms with Gasteiger partial charge in [0.1, 0.15) is 0 Å².